The molecule has 0 aromatic heterocycles. The van der Waals surface area contributed by atoms with Crippen molar-refractivity contribution in [2.75, 3.05) is 20.8 Å². The summed E-state index contributed by atoms with van der Waals surface area (Å²) in [5.74, 6) is 1.06. The Kier molecular flexibility index (Phi) is 5.27. The van der Waals surface area contributed by atoms with E-state index in [4.69, 9.17) is 9.47 Å². The maximum atomic E-state index is 13.3. The number of hydrogen-bond acceptors (Lipinski definition) is 5. The molecule has 4 rings (SSSR count). The summed E-state index contributed by atoms with van der Waals surface area (Å²) in [6.07, 6.45) is 6.04. The van der Waals surface area contributed by atoms with E-state index in [9.17, 15) is 15.0 Å². The summed E-state index contributed by atoms with van der Waals surface area (Å²) in [5.41, 5.74) is 1.03. The molecule has 0 bridgehead atoms. The van der Waals surface area contributed by atoms with Crippen LogP contribution in [0.3, 0.4) is 0 Å². The van der Waals surface area contributed by atoms with Crippen molar-refractivity contribution in [3.63, 3.8) is 0 Å². The van der Waals surface area contributed by atoms with E-state index in [1.165, 1.54) is 5.57 Å². The minimum absolute atomic E-state index is 0.0125. The van der Waals surface area contributed by atoms with Crippen LogP contribution in [0.4, 0.5) is 0 Å². The van der Waals surface area contributed by atoms with Gasteiger partial charge in [-0.1, -0.05) is 19.4 Å². The Morgan fingerprint density at radius 2 is 1.96 bits per heavy atom. The van der Waals surface area contributed by atoms with Crippen LogP contribution >= 0.6 is 0 Å². The van der Waals surface area contributed by atoms with Crippen LogP contribution < -0.4 is 0 Å². The average Bonchev–Trinajstić information content (AvgIpc) is 2.99. The lowest BCUT2D eigenvalue weighted by Crippen LogP contribution is -2.56. The molecule has 0 amide bonds. The van der Waals surface area contributed by atoms with Crippen molar-refractivity contribution in [3.8, 4) is 0 Å². The van der Waals surface area contributed by atoms with Gasteiger partial charge in [0.2, 0.25) is 0 Å². The third-order valence-corrected chi connectivity index (χ3v) is 9.13. The molecular formula is C23H36O5. The SMILES string of the molecule is COC[C@H](O)[C@H]1CC[C@H]2[C@@H]3C(=O)C=C4C[C@@H](OC)[C@H](O)C[C@]4(C)[C@H]3CC[C@]12C. The average molecular weight is 393 g/mol. The maximum absolute atomic E-state index is 13.3. The molecule has 4 aliphatic rings. The number of methoxy groups -OCH3 is 2. The van der Waals surface area contributed by atoms with Crippen molar-refractivity contribution in [2.24, 2.45) is 34.5 Å². The largest absolute Gasteiger partial charge is 0.390 e. The Morgan fingerprint density at radius 1 is 1.21 bits per heavy atom. The Balaban J connectivity index is 1.66. The first-order valence-electron chi connectivity index (χ1n) is 10.9. The zero-order valence-corrected chi connectivity index (χ0v) is 17.7. The van der Waals surface area contributed by atoms with Gasteiger partial charge >= 0.3 is 0 Å². The van der Waals surface area contributed by atoms with E-state index >= 15 is 0 Å². The molecule has 0 aromatic rings. The minimum atomic E-state index is -0.478. The number of rotatable bonds is 4. The molecule has 3 fully saturated rings. The van der Waals surface area contributed by atoms with Gasteiger partial charge in [-0.2, -0.15) is 0 Å². The molecule has 5 nitrogen and oxygen atoms in total. The van der Waals surface area contributed by atoms with E-state index in [0.29, 0.717) is 25.4 Å². The molecule has 3 saturated carbocycles. The molecule has 0 spiro atoms. The van der Waals surface area contributed by atoms with E-state index in [1.807, 2.05) is 6.08 Å². The molecule has 0 unspecified atom stereocenters. The Hall–Kier alpha value is -0.750. The van der Waals surface area contributed by atoms with Crippen molar-refractivity contribution in [3.05, 3.63) is 11.6 Å². The highest BCUT2D eigenvalue weighted by Gasteiger charge is 2.62. The van der Waals surface area contributed by atoms with Gasteiger partial charge in [0, 0.05) is 20.1 Å². The number of carbonyl (C=O) groups is 1. The van der Waals surface area contributed by atoms with Gasteiger partial charge in [0.15, 0.2) is 5.78 Å². The fraction of sp³-hybridized carbons (Fsp3) is 0.870. The van der Waals surface area contributed by atoms with Gasteiger partial charge in [-0.05, 0) is 73.2 Å². The molecule has 9 atom stereocenters. The first-order chi connectivity index (χ1) is 13.3. The fourth-order valence-corrected chi connectivity index (χ4v) is 7.62. The fourth-order valence-electron chi connectivity index (χ4n) is 7.62. The molecule has 2 N–H and O–H groups in total. The van der Waals surface area contributed by atoms with Crippen LogP contribution in [-0.4, -0.2) is 55.1 Å². The quantitative estimate of drug-likeness (QED) is 0.769. The van der Waals surface area contributed by atoms with Crippen LogP contribution in [0.5, 0.6) is 0 Å². The minimum Gasteiger partial charge on any atom is -0.390 e. The number of aliphatic hydroxyl groups is 2. The van der Waals surface area contributed by atoms with E-state index < -0.39 is 12.2 Å². The second-order valence-corrected chi connectivity index (χ2v) is 10.2. The van der Waals surface area contributed by atoms with E-state index in [0.717, 1.165) is 25.7 Å². The second-order valence-electron chi connectivity index (χ2n) is 10.2. The predicted molar refractivity (Wildman–Crippen MR) is 106 cm³/mol. The van der Waals surface area contributed by atoms with Gasteiger partial charge in [-0.15, -0.1) is 0 Å². The smallest absolute Gasteiger partial charge is 0.159 e. The normalized spacial score (nSPS) is 49.1. The number of carbonyl (C=O) groups excluding carboxylic acids is 1. The molecule has 0 aliphatic heterocycles. The van der Waals surface area contributed by atoms with Crippen molar-refractivity contribution in [2.45, 2.75) is 70.7 Å². The molecule has 158 valence electrons. The van der Waals surface area contributed by atoms with Gasteiger partial charge in [-0.25, -0.2) is 0 Å². The third-order valence-electron chi connectivity index (χ3n) is 9.13. The van der Waals surface area contributed by atoms with Gasteiger partial charge in [-0.3, -0.25) is 4.79 Å². The summed E-state index contributed by atoms with van der Waals surface area (Å²) in [5, 5.41) is 21.3. The predicted octanol–water partition coefficient (Wildman–Crippen LogP) is 2.74. The zero-order valence-electron chi connectivity index (χ0n) is 17.7. The van der Waals surface area contributed by atoms with Gasteiger partial charge in [0.05, 0.1) is 24.9 Å². The van der Waals surface area contributed by atoms with Crippen molar-refractivity contribution < 1.29 is 24.5 Å². The summed E-state index contributed by atoms with van der Waals surface area (Å²) < 4.78 is 10.7. The van der Waals surface area contributed by atoms with Crippen LogP contribution in [-0.2, 0) is 14.3 Å². The number of fused-ring (bicyclic) bond motifs is 5. The highest BCUT2D eigenvalue weighted by atomic mass is 16.5. The number of aliphatic hydroxyl groups excluding tert-OH is 2. The van der Waals surface area contributed by atoms with Crippen LogP contribution in [0.25, 0.3) is 0 Å². The number of ether oxygens (including phenoxy) is 2. The number of hydrogen-bond donors (Lipinski definition) is 2. The molecule has 0 radical (unpaired) electrons. The van der Waals surface area contributed by atoms with Gasteiger partial charge in [0.1, 0.15) is 0 Å². The summed E-state index contributed by atoms with van der Waals surface area (Å²) in [6, 6.07) is 0. The monoisotopic (exact) mass is 392 g/mol. The third kappa shape index (κ3) is 2.84. The Morgan fingerprint density at radius 3 is 2.64 bits per heavy atom. The Labute approximate surface area is 168 Å². The van der Waals surface area contributed by atoms with Crippen LogP contribution in [0, 0.1) is 34.5 Å². The first kappa shape index (κ1) is 20.5. The molecule has 0 aromatic carbocycles. The summed E-state index contributed by atoms with van der Waals surface area (Å²) >= 11 is 0. The lowest BCUT2D eigenvalue weighted by Gasteiger charge is -2.58. The standard InChI is InChI=1S/C23H36O5/c1-22-8-7-16-21(15(22)6-5-14(22)19(26)12-27-3)17(24)9-13-10-20(28-4)18(25)11-23(13,16)2/h9,14-16,18-21,25-26H,5-8,10-12H2,1-4H3/t14-,15+,16+,18-,19+,20-,21+,22-,23+/m1/s1. The summed E-state index contributed by atoms with van der Waals surface area (Å²) in [4.78, 5) is 13.3. The lowest BCUT2D eigenvalue weighted by molar-refractivity contribution is -0.141. The zero-order chi connectivity index (χ0) is 20.3. The van der Waals surface area contributed by atoms with E-state index in [-0.39, 0.29) is 40.5 Å². The summed E-state index contributed by atoms with van der Waals surface area (Å²) in [6.45, 7) is 4.91. The first-order valence-corrected chi connectivity index (χ1v) is 10.9. The molecule has 0 saturated heterocycles. The van der Waals surface area contributed by atoms with Crippen LogP contribution in [0.2, 0.25) is 0 Å². The molecular weight excluding hydrogens is 356 g/mol. The molecule has 5 heteroatoms. The highest BCUT2D eigenvalue weighted by molar-refractivity contribution is 5.94. The molecule has 28 heavy (non-hydrogen) atoms. The van der Waals surface area contributed by atoms with Crippen molar-refractivity contribution in [1.82, 2.24) is 0 Å². The van der Waals surface area contributed by atoms with Gasteiger partial charge in [0.25, 0.3) is 0 Å². The highest BCUT2D eigenvalue weighted by Crippen LogP contribution is 2.66. The molecule has 0 heterocycles. The van der Waals surface area contributed by atoms with Crippen LogP contribution in [0.15, 0.2) is 11.6 Å². The van der Waals surface area contributed by atoms with Crippen molar-refractivity contribution >= 4 is 5.78 Å². The number of ketones is 1. The Bertz CT molecular complexity index is 659. The summed E-state index contributed by atoms with van der Waals surface area (Å²) in [7, 11) is 3.27. The lowest BCUT2D eigenvalue weighted by atomic mass is 9.46. The maximum Gasteiger partial charge on any atom is 0.159 e. The van der Waals surface area contributed by atoms with E-state index in [2.05, 4.69) is 13.8 Å². The molecule has 4 aliphatic carbocycles. The van der Waals surface area contributed by atoms with Crippen LogP contribution in [0.1, 0.15) is 52.4 Å². The number of allylic oxidation sites excluding steroid dienone is 1. The van der Waals surface area contributed by atoms with Crippen molar-refractivity contribution in [1.29, 1.82) is 0 Å². The second kappa shape index (κ2) is 7.19. The topological polar surface area (TPSA) is 76.0 Å². The van der Waals surface area contributed by atoms with Gasteiger partial charge < -0.3 is 19.7 Å². The van der Waals surface area contributed by atoms with E-state index in [1.54, 1.807) is 14.2 Å².